The van der Waals surface area contributed by atoms with Gasteiger partial charge in [0.1, 0.15) is 27.6 Å². The molecule has 0 saturated carbocycles. The van der Waals surface area contributed by atoms with E-state index < -0.39 is 17.6 Å². The van der Waals surface area contributed by atoms with Crippen LogP contribution in [0.3, 0.4) is 0 Å². The fourth-order valence-electron chi connectivity index (χ4n) is 2.70. The van der Waals surface area contributed by atoms with Crippen molar-refractivity contribution in [3.8, 4) is 11.8 Å². The van der Waals surface area contributed by atoms with Crippen LogP contribution in [0.5, 0.6) is 5.75 Å². The van der Waals surface area contributed by atoms with Gasteiger partial charge in [-0.2, -0.15) is 18.4 Å². The molecule has 3 rings (SSSR count). The molecule has 9 heteroatoms. The van der Waals surface area contributed by atoms with Crippen LogP contribution in [0.25, 0.3) is 0 Å². The molecule has 0 aliphatic carbocycles. The number of ether oxygens (including phenoxy) is 1. The molecule has 1 heterocycles. The lowest BCUT2D eigenvalue weighted by Crippen LogP contribution is -2.18. The molecule has 0 aromatic heterocycles. The molecule has 2 aromatic rings. The molecule has 0 bridgehead atoms. The van der Waals surface area contributed by atoms with Gasteiger partial charge in [-0.25, -0.2) is 4.39 Å². The molecule has 0 spiro atoms. The van der Waals surface area contributed by atoms with Gasteiger partial charge in [0.25, 0.3) is 0 Å². The number of hydrogen-bond acceptors (Lipinski definition) is 5. The highest BCUT2D eigenvalue weighted by Crippen LogP contribution is 2.44. The van der Waals surface area contributed by atoms with Crippen LogP contribution in [0.1, 0.15) is 5.56 Å². The molecule has 1 saturated heterocycles. The van der Waals surface area contributed by atoms with E-state index in [2.05, 4.69) is 6.07 Å². The van der Waals surface area contributed by atoms with Gasteiger partial charge in [0.05, 0.1) is 18.4 Å². The smallest absolute Gasteiger partial charge is 0.419 e. The molecule has 1 aliphatic rings. The van der Waals surface area contributed by atoms with Gasteiger partial charge < -0.3 is 9.64 Å². The van der Waals surface area contributed by atoms with E-state index in [4.69, 9.17) is 4.74 Å². The Morgan fingerprint density at radius 2 is 2.00 bits per heavy atom. The minimum atomic E-state index is -4.80. The number of allylic oxidation sites excluding steroid dienone is 1. The standard InChI is InChI=1S/C19H14F4N2OS2/c1-26-16-5-3-2-4-15(16)25-8-9-27-18(25)17(11-24)28-12-6-7-14(20)13(10-12)19(21,22)23/h2-7,10H,8-9H2,1H3/b18-17-. The second-order valence-corrected chi connectivity index (χ2v) is 7.83. The summed E-state index contributed by atoms with van der Waals surface area (Å²) in [6.45, 7) is 0.628. The molecule has 3 nitrogen and oxygen atoms in total. The lowest BCUT2D eigenvalue weighted by atomic mass is 10.2. The van der Waals surface area contributed by atoms with E-state index in [1.165, 1.54) is 17.8 Å². The molecule has 0 unspecified atom stereocenters. The zero-order valence-corrected chi connectivity index (χ0v) is 16.2. The van der Waals surface area contributed by atoms with Crippen molar-refractivity contribution < 1.29 is 22.3 Å². The molecule has 1 aliphatic heterocycles. The second kappa shape index (κ2) is 8.37. The number of rotatable bonds is 4. The van der Waals surface area contributed by atoms with Crippen molar-refractivity contribution in [1.82, 2.24) is 0 Å². The first-order valence-electron chi connectivity index (χ1n) is 8.07. The van der Waals surface area contributed by atoms with Crippen molar-refractivity contribution in [1.29, 1.82) is 5.26 Å². The van der Waals surface area contributed by atoms with E-state index in [-0.39, 0.29) is 9.80 Å². The number of para-hydroxylation sites is 2. The second-order valence-electron chi connectivity index (χ2n) is 5.66. The predicted octanol–water partition coefficient (Wildman–Crippen LogP) is 5.89. The zero-order chi connectivity index (χ0) is 20.3. The first-order valence-corrected chi connectivity index (χ1v) is 9.87. The molecular formula is C19H14F4N2OS2. The van der Waals surface area contributed by atoms with Crippen LogP contribution in [0.2, 0.25) is 0 Å². The Balaban J connectivity index is 1.98. The molecular weight excluding hydrogens is 412 g/mol. The third-order valence-electron chi connectivity index (χ3n) is 3.93. The lowest BCUT2D eigenvalue weighted by Gasteiger charge is -2.22. The van der Waals surface area contributed by atoms with Crippen LogP contribution in [-0.2, 0) is 6.18 Å². The van der Waals surface area contributed by atoms with E-state index >= 15 is 0 Å². The van der Waals surface area contributed by atoms with Gasteiger partial charge in [-0.05, 0) is 30.3 Å². The number of nitrogens with zero attached hydrogens (tertiary/aromatic N) is 2. The average Bonchev–Trinajstić information content (AvgIpc) is 3.15. The van der Waals surface area contributed by atoms with E-state index in [1.807, 2.05) is 23.1 Å². The highest BCUT2D eigenvalue weighted by molar-refractivity contribution is 8.07. The third-order valence-corrected chi connectivity index (χ3v) is 6.13. The number of methoxy groups -OCH3 is 1. The van der Waals surface area contributed by atoms with Gasteiger partial charge in [0, 0.05) is 17.2 Å². The van der Waals surface area contributed by atoms with Gasteiger partial charge in [0.15, 0.2) is 0 Å². The number of nitriles is 1. The summed E-state index contributed by atoms with van der Waals surface area (Å²) in [5.41, 5.74) is -0.575. The molecule has 0 amide bonds. The maximum atomic E-state index is 13.5. The van der Waals surface area contributed by atoms with Gasteiger partial charge in [-0.1, -0.05) is 23.9 Å². The summed E-state index contributed by atoms with van der Waals surface area (Å²) in [6, 6.07) is 12.1. The van der Waals surface area contributed by atoms with Crippen LogP contribution in [0.4, 0.5) is 23.2 Å². The number of alkyl halides is 3. The summed E-state index contributed by atoms with van der Waals surface area (Å²) in [5, 5.41) is 10.3. The van der Waals surface area contributed by atoms with Crippen molar-refractivity contribution in [2.45, 2.75) is 11.1 Å². The maximum absolute atomic E-state index is 13.5. The van der Waals surface area contributed by atoms with Gasteiger partial charge in [0.2, 0.25) is 0 Å². The van der Waals surface area contributed by atoms with Crippen LogP contribution in [0, 0.1) is 17.1 Å². The molecule has 0 atom stereocenters. The van der Waals surface area contributed by atoms with Crippen LogP contribution in [-0.4, -0.2) is 19.4 Å². The van der Waals surface area contributed by atoms with Gasteiger partial charge in [-0.3, -0.25) is 0 Å². The van der Waals surface area contributed by atoms with Crippen LogP contribution < -0.4 is 9.64 Å². The van der Waals surface area contributed by atoms with Gasteiger partial charge in [-0.15, -0.1) is 11.8 Å². The Bertz CT molecular complexity index is 954. The summed E-state index contributed by atoms with van der Waals surface area (Å²) in [7, 11) is 1.54. The monoisotopic (exact) mass is 426 g/mol. The van der Waals surface area contributed by atoms with Crippen molar-refractivity contribution in [2.24, 2.45) is 0 Å². The number of anilines is 1. The van der Waals surface area contributed by atoms with Crippen molar-refractivity contribution >= 4 is 29.2 Å². The maximum Gasteiger partial charge on any atom is 0.419 e. The van der Waals surface area contributed by atoms with E-state index in [9.17, 15) is 22.8 Å². The summed E-state index contributed by atoms with van der Waals surface area (Å²) >= 11 is 2.33. The summed E-state index contributed by atoms with van der Waals surface area (Å²) < 4.78 is 57.8. The summed E-state index contributed by atoms with van der Waals surface area (Å²) in [4.78, 5) is 2.29. The first-order chi connectivity index (χ1) is 13.3. The van der Waals surface area contributed by atoms with E-state index in [0.717, 1.165) is 35.3 Å². The fourth-order valence-corrected chi connectivity index (χ4v) is 4.78. The van der Waals surface area contributed by atoms with Crippen LogP contribution in [0.15, 0.2) is 57.3 Å². The quantitative estimate of drug-likeness (QED) is 0.346. The zero-order valence-electron chi connectivity index (χ0n) is 14.6. The molecule has 0 N–H and O–H groups in total. The Morgan fingerprint density at radius 3 is 2.68 bits per heavy atom. The third kappa shape index (κ3) is 4.23. The Hall–Kier alpha value is -2.31. The predicted molar refractivity (Wildman–Crippen MR) is 103 cm³/mol. The van der Waals surface area contributed by atoms with Crippen molar-refractivity contribution in [2.75, 3.05) is 24.3 Å². The van der Waals surface area contributed by atoms with Crippen molar-refractivity contribution in [3.63, 3.8) is 0 Å². The number of benzene rings is 2. The highest BCUT2D eigenvalue weighted by Gasteiger charge is 2.34. The number of hydrogen-bond donors (Lipinski definition) is 0. The minimum absolute atomic E-state index is 0.144. The van der Waals surface area contributed by atoms with Crippen LogP contribution >= 0.6 is 23.5 Å². The minimum Gasteiger partial charge on any atom is -0.495 e. The first kappa shape index (κ1) is 20.4. The Kier molecular flexibility index (Phi) is 6.10. The topological polar surface area (TPSA) is 36.3 Å². The fraction of sp³-hybridized carbons (Fsp3) is 0.211. The average molecular weight is 426 g/mol. The number of thioether (sulfide) groups is 2. The van der Waals surface area contributed by atoms with E-state index in [0.29, 0.717) is 17.3 Å². The summed E-state index contributed by atoms with van der Waals surface area (Å²) in [6.07, 6.45) is -4.80. The Morgan fingerprint density at radius 1 is 1.25 bits per heavy atom. The molecule has 2 aromatic carbocycles. The number of halogens is 4. The highest BCUT2D eigenvalue weighted by atomic mass is 32.2. The Labute approximate surface area is 168 Å². The van der Waals surface area contributed by atoms with Gasteiger partial charge >= 0.3 is 6.18 Å². The van der Waals surface area contributed by atoms with E-state index in [1.54, 1.807) is 13.2 Å². The molecule has 1 fully saturated rings. The van der Waals surface area contributed by atoms with Crippen molar-refractivity contribution in [3.05, 3.63) is 63.8 Å². The normalized spacial score (nSPS) is 16.1. The largest absolute Gasteiger partial charge is 0.495 e. The lowest BCUT2D eigenvalue weighted by molar-refractivity contribution is -0.140. The summed E-state index contributed by atoms with van der Waals surface area (Å²) in [5.74, 6) is 0.0101. The SMILES string of the molecule is COc1ccccc1N1CCS/C1=C(/C#N)Sc1ccc(F)c(C(F)(F)F)c1. The molecule has 146 valence electrons. The molecule has 28 heavy (non-hydrogen) atoms. The molecule has 0 radical (unpaired) electrons.